The second kappa shape index (κ2) is 7.52. The number of halogens is 2. The highest BCUT2D eigenvalue weighted by atomic mass is 35.5. The van der Waals surface area contributed by atoms with Crippen molar-refractivity contribution in [1.82, 2.24) is 5.32 Å². The molecule has 5 nitrogen and oxygen atoms in total. The van der Waals surface area contributed by atoms with Gasteiger partial charge in [-0.1, -0.05) is 11.6 Å². The monoisotopic (exact) mass is 298 g/mol. The van der Waals surface area contributed by atoms with E-state index in [1.807, 2.05) is 0 Å². The maximum Gasteiger partial charge on any atom is 0.263 e. The minimum absolute atomic E-state index is 0.0573. The van der Waals surface area contributed by atoms with Gasteiger partial charge in [0.25, 0.3) is 5.91 Å². The van der Waals surface area contributed by atoms with Crippen molar-refractivity contribution in [3.05, 3.63) is 35.0 Å². The zero-order valence-corrected chi connectivity index (χ0v) is 11.4. The van der Waals surface area contributed by atoms with E-state index < -0.39 is 5.91 Å². The maximum atomic E-state index is 11.5. The smallest absolute Gasteiger partial charge is 0.263 e. The molecule has 0 aromatic heterocycles. The van der Waals surface area contributed by atoms with Crippen LogP contribution in [0.15, 0.2) is 30.0 Å². The largest absolute Gasteiger partial charge is 0.398 e. The quantitative estimate of drug-likeness (QED) is 0.336. The van der Waals surface area contributed by atoms with E-state index in [4.69, 9.17) is 34.2 Å². The number of hydrogen-bond acceptors (Lipinski definition) is 4. The third-order valence-electron chi connectivity index (χ3n) is 2.13. The summed E-state index contributed by atoms with van der Waals surface area (Å²) in [4.78, 5) is 11.5. The molecule has 0 bridgehead atoms. The highest BCUT2D eigenvalue weighted by molar-refractivity contribution is 6.33. The second-order valence-corrected chi connectivity index (χ2v) is 4.28. The van der Waals surface area contributed by atoms with Crippen molar-refractivity contribution in [2.24, 2.45) is 0 Å². The van der Waals surface area contributed by atoms with Gasteiger partial charge in [-0.05, 0) is 18.2 Å². The van der Waals surface area contributed by atoms with Crippen LogP contribution in [-0.4, -0.2) is 18.3 Å². The Morgan fingerprint density at radius 2 is 2.26 bits per heavy atom. The van der Waals surface area contributed by atoms with Crippen LogP contribution in [-0.2, 0) is 4.79 Å². The lowest BCUT2D eigenvalue weighted by Crippen LogP contribution is -2.26. The Labute approximate surface area is 121 Å². The number of rotatable bonds is 5. The summed E-state index contributed by atoms with van der Waals surface area (Å²) in [6.45, 7) is 0.299. The molecule has 0 unspecified atom stereocenters. The lowest BCUT2D eigenvalue weighted by atomic mass is 10.2. The number of nitriles is 1. The van der Waals surface area contributed by atoms with Crippen molar-refractivity contribution in [3.8, 4) is 6.07 Å². The van der Waals surface area contributed by atoms with Crippen LogP contribution >= 0.6 is 23.2 Å². The third-order valence-corrected chi connectivity index (χ3v) is 2.65. The molecule has 0 atom stereocenters. The first-order valence-electron chi connectivity index (χ1n) is 5.34. The molecule has 19 heavy (non-hydrogen) atoms. The number of amides is 1. The van der Waals surface area contributed by atoms with Gasteiger partial charge in [-0.15, -0.1) is 11.6 Å². The van der Waals surface area contributed by atoms with Crippen LogP contribution in [0.1, 0.15) is 0 Å². The number of alkyl halides is 1. The van der Waals surface area contributed by atoms with E-state index in [0.717, 1.165) is 0 Å². The Kier molecular flexibility index (Phi) is 6.00. The van der Waals surface area contributed by atoms with E-state index >= 15 is 0 Å². The van der Waals surface area contributed by atoms with E-state index in [-0.39, 0.29) is 11.5 Å². The molecule has 4 N–H and O–H groups in total. The van der Waals surface area contributed by atoms with Crippen molar-refractivity contribution >= 4 is 40.5 Å². The second-order valence-electron chi connectivity index (χ2n) is 3.50. The number of nitrogens with zero attached hydrogens (tertiary/aromatic N) is 1. The number of nitrogens with one attached hydrogen (secondary N) is 2. The van der Waals surface area contributed by atoms with Gasteiger partial charge < -0.3 is 16.4 Å². The van der Waals surface area contributed by atoms with Crippen molar-refractivity contribution in [2.45, 2.75) is 0 Å². The summed E-state index contributed by atoms with van der Waals surface area (Å²) in [6.07, 6.45) is 1.30. The van der Waals surface area contributed by atoms with Crippen LogP contribution in [0.5, 0.6) is 0 Å². The molecule has 1 rings (SSSR count). The fourth-order valence-electron chi connectivity index (χ4n) is 1.18. The normalized spacial score (nSPS) is 10.7. The molecule has 0 spiro atoms. The molecule has 0 saturated heterocycles. The summed E-state index contributed by atoms with van der Waals surface area (Å²) in [7, 11) is 0. The Morgan fingerprint density at radius 3 is 2.84 bits per heavy atom. The van der Waals surface area contributed by atoms with E-state index in [2.05, 4.69) is 10.6 Å². The summed E-state index contributed by atoms with van der Waals surface area (Å²) in [6, 6.07) is 6.70. The molecule has 0 fully saturated rings. The molecule has 1 aromatic rings. The molecule has 0 aliphatic heterocycles. The van der Waals surface area contributed by atoms with Crippen LogP contribution in [0.3, 0.4) is 0 Å². The van der Waals surface area contributed by atoms with Gasteiger partial charge in [0.2, 0.25) is 0 Å². The average molecular weight is 299 g/mol. The fourth-order valence-corrected chi connectivity index (χ4v) is 1.45. The molecule has 100 valence electrons. The molecule has 1 amide bonds. The van der Waals surface area contributed by atoms with Crippen LogP contribution < -0.4 is 16.4 Å². The van der Waals surface area contributed by atoms with Gasteiger partial charge in [-0.2, -0.15) is 5.26 Å². The van der Waals surface area contributed by atoms with Crippen molar-refractivity contribution in [1.29, 1.82) is 5.26 Å². The molecule has 0 aliphatic rings. The summed E-state index contributed by atoms with van der Waals surface area (Å²) in [5.74, 6) is -0.206. The number of carbonyl (C=O) groups excluding carboxylic acids is 1. The van der Waals surface area contributed by atoms with Gasteiger partial charge in [0.05, 0.1) is 10.7 Å². The fraction of sp³-hybridized carbons (Fsp3) is 0.167. The SMILES string of the molecule is N#C/C(=C/Nc1ccc(N)c(Cl)c1)C(=O)NCCCl. The zero-order valence-electron chi connectivity index (χ0n) is 9.91. The van der Waals surface area contributed by atoms with Crippen molar-refractivity contribution in [3.63, 3.8) is 0 Å². The molecule has 0 radical (unpaired) electrons. The molecular weight excluding hydrogens is 287 g/mol. The third kappa shape index (κ3) is 4.70. The minimum Gasteiger partial charge on any atom is -0.398 e. The van der Waals surface area contributed by atoms with Crippen LogP contribution in [0, 0.1) is 11.3 Å². The molecule has 0 saturated carbocycles. The van der Waals surface area contributed by atoms with E-state index in [1.54, 1.807) is 24.3 Å². The number of benzene rings is 1. The van der Waals surface area contributed by atoms with E-state index in [0.29, 0.717) is 22.9 Å². The van der Waals surface area contributed by atoms with Gasteiger partial charge >= 0.3 is 0 Å². The van der Waals surface area contributed by atoms with Crippen molar-refractivity contribution < 1.29 is 4.79 Å². The van der Waals surface area contributed by atoms with Gasteiger partial charge in [-0.25, -0.2) is 0 Å². The number of hydrogen-bond donors (Lipinski definition) is 3. The van der Waals surface area contributed by atoms with Crippen LogP contribution in [0.4, 0.5) is 11.4 Å². The summed E-state index contributed by atoms with van der Waals surface area (Å²) < 4.78 is 0. The molecule has 1 aromatic carbocycles. The van der Waals surface area contributed by atoms with Gasteiger partial charge in [0.15, 0.2) is 0 Å². The molecule has 0 aliphatic carbocycles. The number of carbonyl (C=O) groups is 1. The Bertz CT molecular complexity index is 537. The standard InChI is InChI=1S/C12H12Cl2N4O/c13-3-4-17-12(19)8(6-15)7-18-9-1-2-11(16)10(14)5-9/h1-2,5,7,18H,3-4,16H2,(H,17,19)/b8-7-. The lowest BCUT2D eigenvalue weighted by Gasteiger charge is -2.05. The minimum atomic E-state index is -0.489. The topological polar surface area (TPSA) is 90.9 Å². The number of nitrogens with two attached hydrogens (primary N) is 1. The van der Waals surface area contributed by atoms with Crippen LogP contribution in [0.25, 0.3) is 0 Å². The van der Waals surface area contributed by atoms with E-state index in [1.165, 1.54) is 6.20 Å². The number of anilines is 2. The maximum absolute atomic E-state index is 11.5. The number of nitrogen functional groups attached to an aromatic ring is 1. The summed E-state index contributed by atoms with van der Waals surface area (Å²) in [5, 5.41) is 14.6. The van der Waals surface area contributed by atoms with Gasteiger partial charge in [0.1, 0.15) is 11.6 Å². The van der Waals surface area contributed by atoms with Crippen LogP contribution in [0.2, 0.25) is 5.02 Å². The molecule has 0 heterocycles. The summed E-state index contributed by atoms with van der Waals surface area (Å²) in [5.41, 5.74) is 6.59. The lowest BCUT2D eigenvalue weighted by molar-refractivity contribution is -0.117. The Hall–Kier alpha value is -1.90. The average Bonchev–Trinajstić information content (AvgIpc) is 2.41. The van der Waals surface area contributed by atoms with Gasteiger partial charge in [-0.3, -0.25) is 4.79 Å². The zero-order chi connectivity index (χ0) is 14.3. The predicted molar refractivity (Wildman–Crippen MR) is 76.9 cm³/mol. The summed E-state index contributed by atoms with van der Waals surface area (Å²) >= 11 is 11.3. The molecule has 7 heteroatoms. The van der Waals surface area contributed by atoms with Crippen molar-refractivity contribution in [2.75, 3.05) is 23.5 Å². The highest BCUT2D eigenvalue weighted by Gasteiger charge is 2.07. The first-order chi connectivity index (χ1) is 9.08. The predicted octanol–water partition coefficient (Wildman–Crippen LogP) is 2.10. The highest BCUT2D eigenvalue weighted by Crippen LogP contribution is 2.22. The molecular formula is C12H12Cl2N4O. The first-order valence-corrected chi connectivity index (χ1v) is 6.25. The van der Waals surface area contributed by atoms with E-state index in [9.17, 15) is 4.79 Å². The Morgan fingerprint density at radius 1 is 1.53 bits per heavy atom. The first kappa shape index (κ1) is 15.2. The Balaban J connectivity index is 2.74. The van der Waals surface area contributed by atoms with Gasteiger partial charge in [0, 0.05) is 24.3 Å².